The standard InChI is InChI=1S/C36H49N3O4/c1-9-11-14-22-39(34(41)31(24(3)10-2)38-35(42)43-36(6,7)8)32(30-25(4)16-15-17-26(30)5)33(40)37-29-21-20-27-18-12-13-19-28(27)23-29/h12-13,15-21,23-24,31-32H,9-11,14,22H2,1-8H3,(H,37,40)(H,38,42). The molecule has 0 radical (unpaired) electrons. The first-order valence-electron chi connectivity index (χ1n) is 15.5. The van der Waals surface area contributed by atoms with Gasteiger partial charge in [-0.25, -0.2) is 4.79 Å². The Morgan fingerprint density at radius 3 is 2.14 bits per heavy atom. The van der Waals surface area contributed by atoms with Crippen LogP contribution in [0.4, 0.5) is 10.5 Å². The highest BCUT2D eigenvalue weighted by atomic mass is 16.6. The zero-order chi connectivity index (χ0) is 31.7. The number of alkyl carbamates (subject to hydrolysis) is 1. The van der Waals surface area contributed by atoms with Crippen molar-refractivity contribution in [2.45, 2.75) is 98.8 Å². The summed E-state index contributed by atoms with van der Waals surface area (Å²) in [5, 5.41) is 8.07. The summed E-state index contributed by atoms with van der Waals surface area (Å²) in [6.45, 7) is 15.7. The Balaban J connectivity index is 2.10. The summed E-state index contributed by atoms with van der Waals surface area (Å²) in [6.07, 6.45) is 2.61. The molecule has 3 aromatic carbocycles. The van der Waals surface area contributed by atoms with E-state index in [1.807, 2.05) is 88.4 Å². The Kier molecular flexibility index (Phi) is 11.8. The van der Waals surface area contributed by atoms with Crippen LogP contribution in [0.25, 0.3) is 10.8 Å². The number of carbonyl (C=O) groups excluding carboxylic acids is 3. The average Bonchev–Trinajstić information content (AvgIpc) is 2.95. The summed E-state index contributed by atoms with van der Waals surface area (Å²) < 4.78 is 5.54. The van der Waals surface area contributed by atoms with Crippen LogP contribution in [0, 0.1) is 19.8 Å². The number of unbranched alkanes of at least 4 members (excludes halogenated alkanes) is 2. The molecule has 7 nitrogen and oxygen atoms in total. The summed E-state index contributed by atoms with van der Waals surface area (Å²) in [6, 6.07) is 17.9. The number of nitrogens with one attached hydrogen (secondary N) is 2. The minimum absolute atomic E-state index is 0.184. The van der Waals surface area contributed by atoms with E-state index in [2.05, 4.69) is 17.6 Å². The quantitative estimate of drug-likeness (QED) is 0.210. The van der Waals surface area contributed by atoms with Crippen molar-refractivity contribution in [2.75, 3.05) is 11.9 Å². The second kappa shape index (κ2) is 15.0. The normalized spacial score (nSPS) is 13.6. The van der Waals surface area contributed by atoms with E-state index in [0.29, 0.717) is 18.7 Å². The number of benzene rings is 3. The Bertz CT molecular complexity index is 1390. The molecule has 0 aliphatic heterocycles. The molecular formula is C36H49N3O4. The van der Waals surface area contributed by atoms with E-state index in [4.69, 9.17) is 4.74 Å². The van der Waals surface area contributed by atoms with Gasteiger partial charge in [0, 0.05) is 12.2 Å². The number of aryl methyl sites for hydroxylation is 2. The molecule has 43 heavy (non-hydrogen) atoms. The lowest BCUT2D eigenvalue weighted by Crippen LogP contribution is -2.55. The van der Waals surface area contributed by atoms with E-state index < -0.39 is 23.8 Å². The average molecular weight is 588 g/mol. The van der Waals surface area contributed by atoms with E-state index in [-0.39, 0.29) is 17.7 Å². The van der Waals surface area contributed by atoms with Gasteiger partial charge in [0.25, 0.3) is 5.91 Å². The van der Waals surface area contributed by atoms with Gasteiger partial charge >= 0.3 is 6.09 Å². The maximum absolute atomic E-state index is 14.6. The summed E-state index contributed by atoms with van der Waals surface area (Å²) in [7, 11) is 0. The number of fused-ring (bicyclic) bond motifs is 1. The van der Waals surface area contributed by atoms with Gasteiger partial charge in [-0.2, -0.15) is 0 Å². The van der Waals surface area contributed by atoms with Crippen LogP contribution in [0.3, 0.4) is 0 Å². The van der Waals surface area contributed by atoms with E-state index in [0.717, 1.165) is 46.7 Å². The lowest BCUT2D eigenvalue weighted by Gasteiger charge is -2.37. The molecule has 0 aliphatic carbocycles. The van der Waals surface area contributed by atoms with Gasteiger partial charge in [-0.15, -0.1) is 0 Å². The van der Waals surface area contributed by atoms with Gasteiger partial charge in [-0.1, -0.05) is 88.6 Å². The molecule has 0 bridgehead atoms. The van der Waals surface area contributed by atoms with Gasteiger partial charge in [0.2, 0.25) is 5.91 Å². The fraction of sp³-hybridized carbons (Fsp3) is 0.472. The molecule has 0 saturated heterocycles. The second-order valence-electron chi connectivity index (χ2n) is 12.5. The molecule has 0 spiro atoms. The Morgan fingerprint density at radius 1 is 0.884 bits per heavy atom. The summed E-state index contributed by atoms with van der Waals surface area (Å²) in [4.78, 5) is 43.6. The number of nitrogens with zero attached hydrogens (tertiary/aromatic N) is 1. The van der Waals surface area contributed by atoms with Crippen molar-refractivity contribution in [1.82, 2.24) is 10.2 Å². The van der Waals surface area contributed by atoms with Crippen LogP contribution in [-0.2, 0) is 14.3 Å². The highest BCUT2D eigenvalue weighted by Crippen LogP contribution is 2.31. The second-order valence-corrected chi connectivity index (χ2v) is 12.5. The lowest BCUT2D eigenvalue weighted by atomic mass is 9.91. The van der Waals surface area contributed by atoms with Crippen molar-refractivity contribution >= 4 is 34.4 Å². The molecule has 0 aromatic heterocycles. The first-order valence-corrected chi connectivity index (χ1v) is 15.5. The van der Waals surface area contributed by atoms with Gasteiger partial charge in [-0.3, -0.25) is 9.59 Å². The largest absolute Gasteiger partial charge is 0.444 e. The molecule has 232 valence electrons. The predicted molar refractivity (Wildman–Crippen MR) is 175 cm³/mol. The number of hydrogen-bond acceptors (Lipinski definition) is 4. The molecule has 3 rings (SSSR count). The van der Waals surface area contributed by atoms with Gasteiger partial charge in [0.15, 0.2) is 0 Å². The molecule has 3 unspecified atom stereocenters. The molecule has 3 aromatic rings. The smallest absolute Gasteiger partial charge is 0.408 e. The molecule has 0 aliphatic rings. The van der Waals surface area contributed by atoms with Crippen LogP contribution < -0.4 is 10.6 Å². The Labute approximate surface area is 257 Å². The minimum atomic E-state index is -0.899. The maximum Gasteiger partial charge on any atom is 0.408 e. The molecular weight excluding hydrogens is 538 g/mol. The van der Waals surface area contributed by atoms with Gasteiger partial charge < -0.3 is 20.3 Å². The highest BCUT2D eigenvalue weighted by Gasteiger charge is 2.39. The number of rotatable bonds is 12. The molecule has 7 heteroatoms. The van der Waals surface area contributed by atoms with Crippen LogP contribution in [0.15, 0.2) is 60.7 Å². The van der Waals surface area contributed by atoms with Gasteiger partial charge in [0.05, 0.1) is 0 Å². The molecule has 0 fully saturated rings. The van der Waals surface area contributed by atoms with Crippen molar-refractivity contribution in [3.63, 3.8) is 0 Å². The molecule has 3 atom stereocenters. The molecule has 0 saturated carbocycles. The van der Waals surface area contributed by atoms with Crippen molar-refractivity contribution in [2.24, 2.45) is 5.92 Å². The van der Waals surface area contributed by atoms with E-state index >= 15 is 0 Å². The summed E-state index contributed by atoms with van der Waals surface area (Å²) >= 11 is 0. The third kappa shape index (κ3) is 9.06. The first kappa shape index (κ1) is 33.6. The molecule has 0 heterocycles. The van der Waals surface area contributed by atoms with Gasteiger partial charge in [-0.05, 0) is 86.6 Å². The predicted octanol–water partition coefficient (Wildman–Crippen LogP) is 8.09. The topological polar surface area (TPSA) is 87.7 Å². The third-order valence-corrected chi connectivity index (χ3v) is 7.83. The van der Waals surface area contributed by atoms with E-state index in [1.54, 1.807) is 25.7 Å². The number of ether oxygens (including phenoxy) is 1. The summed E-state index contributed by atoms with van der Waals surface area (Å²) in [5.74, 6) is -0.772. The SMILES string of the molecule is CCCCCN(C(=O)C(NC(=O)OC(C)(C)C)C(C)CC)C(C(=O)Nc1ccc2ccccc2c1)c1c(C)cccc1C. The number of amides is 3. The van der Waals surface area contributed by atoms with Crippen molar-refractivity contribution in [1.29, 1.82) is 0 Å². The molecule has 3 amide bonds. The van der Waals surface area contributed by atoms with Gasteiger partial charge in [0.1, 0.15) is 17.7 Å². The van der Waals surface area contributed by atoms with E-state index in [1.165, 1.54) is 0 Å². The maximum atomic E-state index is 14.6. The van der Waals surface area contributed by atoms with Crippen LogP contribution in [0.1, 0.15) is 90.0 Å². The van der Waals surface area contributed by atoms with Crippen LogP contribution >= 0.6 is 0 Å². The third-order valence-electron chi connectivity index (χ3n) is 7.83. The monoisotopic (exact) mass is 587 g/mol. The van der Waals surface area contributed by atoms with Crippen molar-refractivity contribution in [3.8, 4) is 0 Å². The lowest BCUT2D eigenvalue weighted by molar-refractivity contribution is -0.142. The zero-order valence-corrected chi connectivity index (χ0v) is 27.1. The fourth-order valence-corrected chi connectivity index (χ4v) is 5.36. The van der Waals surface area contributed by atoms with Crippen LogP contribution in [0.5, 0.6) is 0 Å². The van der Waals surface area contributed by atoms with Crippen LogP contribution in [-0.4, -0.2) is 41.0 Å². The number of hydrogen-bond donors (Lipinski definition) is 2. The zero-order valence-electron chi connectivity index (χ0n) is 27.1. The molecule has 2 N–H and O–H groups in total. The fourth-order valence-electron chi connectivity index (χ4n) is 5.36. The number of carbonyl (C=O) groups is 3. The van der Waals surface area contributed by atoms with Crippen molar-refractivity contribution in [3.05, 3.63) is 77.4 Å². The van der Waals surface area contributed by atoms with Crippen LogP contribution in [0.2, 0.25) is 0 Å². The summed E-state index contributed by atoms with van der Waals surface area (Å²) in [5.41, 5.74) is 2.59. The minimum Gasteiger partial charge on any atom is -0.444 e. The highest BCUT2D eigenvalue weighted by molar-refractivity contribution is 6.00. The first-order chi connectivity index (χ1) is 20.4. The van der Waals surface area contributed by atoms with E-state index in [9.17, 15) is 14.4 Å². The number of anilines is 1. The van der Waals surface area contributed by atoms with Crippen molar-refractivity contribution < 1.29 is 19.1 Å². The Hall–Kier alpha value is -3.87. The Morgan fingerprint density at radius 2 is 1.53 bits per heavy atom.